The lowest BCUT2D eigenvalue weighted by atomic mass is 10.1. The molecular formula is C17H33NPSi2-. The first kappa shape index (κ1) is 19.1. The molecule has 1 rings (SSSR count). The molecule has 0 aliphatic carbocycles. The Bertz CT molecular complexity index is 447. The van der Waals surface area contributed by atoms with E-state index in [2.05, 4.69) is 89.5 Å². The van der Waals surface area contributed by atoms with E-state index < -0.39 is 16.1 Å². The molecule has 0 saturated carbocycles. The van der Waals surface area contributed by atoms with Crippen molar-refractivity contribution in [3.8, 4) is 0 Å². The molecule has 0 spiro atoms. The van der Waals surface area contributed by atoms with Crippen LogP contribution in [0.15, 0.2) is 24.3 Å². The summed E-state index contributed by atoms with van der Waals surface area (Å²) in [6, 6.07) is 9.55. The van der Waals surface area contributed by atoms with Crippen LogP contribution in [-0.2, 0) is 0 Å². The Labute approximate surface area is 136 Å². The smallest absolute Gasteiger partial charge is 0.0291 e. The monoisotopic (exact) mass is 338 g/mol. The van der Waals surface area contributed by atoms with Crippen molar-refractivity contribution in [2.24, 2.45) is 0 Å². The molecule has 0 aliphatic rings. The third-order valence-electron chi connectivity index (χ3n) is 4.07. The zero-order valence-electron chi connectivity index (χ0n) is 15.4. The van der Waals surface area contributed by atoms with E-state index in [9.17, 15) is 0 Å². The van der Waals surface area contributed by atoms with Crippen LogP contribution in [0.4, 0.5) is 0 Å². The van der Waals surface area contributed by atoms with Gasteiger partial charge in [-0.25, -0.2) is 0 Å². The lowest BCUT2D eigenvalue weighted by Gasteiger charge is -2.50. The van der Waals surface area contributed by atoms with E-state index in [1.807, 2.05) is 0 Å². The third-order valence-corrected chi connectivity index (χ3v) is 18.9. The minimum absolute atomic E-state index is 0.484. The minimum Gasteiger partial charge on any atom is -0.508 e. The number of hydrogen-bond acceptors (Lipinski definition) is 1. The van der Waals surface area contributed by atoms with Crippen LogP contribution in [0.3, 0.4) is 0 Å². The van der Waals surface area contributed by atoms with Gasteiger partial charge in [-0.2, -0.15) is 10.2 Å². The second-order valence-corrected chi connectivity index (χ2v) is 21.9. The quantitative estimate of drug-likeness (QED) is 0.521. The molecular weight excluding hydrogens is 305 g/mol. The van der Waals surface area contributed by atoms with Crippen LogP contribution >= 0.6 is 8.58 Å². The van der Waals surface area contributed by atoms with Crippen molar-refractivity contribution in [1.82, 2.24) is 4.90 Å². The molecule has 21 heavy (non-hydrogen) atoms. The Hall–Kier alpha value is 0.0438. The van der Waals surface area contributed by atoms with Gasteiger partial charge in [-0.1, -0.05) is 69.1 Å². The van der Waals surface area contributed by atoms with E-state index in [1.54, 1.807) is 13.9 Å². The Kier molecular flexibility index (Phi) is 6.44. The zero-order valence-corrected chi connectivity index (χ0v) is 18.3. The molecule has 0 heterocycles. The number of benzene rings is 1. The fourth-order valence-electron chi connectivity index (χ4n) is 3.06. The van der Waals surface area contributed by atoms with Gasteiger partial charge in [0.15, 0.2) is 0 Å². The van der Waals surface area contributed by atoms with Crippen LogP contribution in [0.1, 0.15) is 18.5 Å². The maximum atomic E-state index is 2.54. The Morgan fingerprint density at radius 1 is 0.905 bits per heavy atom. The summed E-state index contributed by atoms with van der Waals surface area (Å²) in [5, 5.41) is 1.55. The molecule has 1 atom stereocenters. The fraction of sp³-hybridized carbons (Fsp3) is 0.647. The van der Waals surface area contributed by atoms with E-state index in [0.29, 0.717) is 6.04 Å². The van der Waals surface area contributed by atoms with Gasteiger partial charge in [0.25, 0.3) is 0 Å². The van der Waals surface area contributed by atoms with Crippen molar-refractivity contribution in [2.75, 3.05) is 14.1 Å². The average molecular weight is 339 g/mol. The molecule has 1 nitrogen and oxygen atoms in total. The molecule has 120 valence electrons. The summed E-state index contributed by atoms with van der Waals surface area (Å²) in [7, 11) is 3.61. The van der Waals surface area contributed by atoms with Gasteiger partial charge in [-0.3, -0.25) is 0 Å². The van der Waals surface area contributed by atoms with Gasteiger partial charge in [0.05, 0.1) is 0 Å². The molecule has 0 N–H and O–H groups in total. The summed E-state index contributed by atoms with van der Waals surface area (Å²) in [5.41, 5.74) is 1.51. The first-order chi connectivity index (χ1) is 9.44. The first-order valence-corrected chi connectivity index (χ1v) is 16.0. The van der Waals surface area contributed by atoms with Crippen molar-refractivity contribution in [2.45, 2.75) is 57.2 Å². The van der Waals surface area contributed by atoms with Crippen molar-refractivity contribution >= 4 is 30.0 Å². The first-order valence-electron chi connectivity index (χ1n) is 7.91. The summed E-state index contributed by atoms with van der Waals surface area (Å²) in [4.78, 5) is 3.22. The van der Waals surface area contributed by atoms with Gasteiger partial charge in [-0.05, 0) is 21.0 Å². The highest BCUT2D eigenvalue weighted by Crippen LogP contribution is 2.36. The maximum absolute atomic E-state index is 2.54. The van der Waals surface area contributed by atoms with Gasteiger partial charge in [-0.15, -0.1) is 0 Å². The number of rotatable bonds is 6. The molecule has 0 aromatic heterocycles. The fourth-order valence-corrected chi connectivity index (χ4v) is 18.2. The standard InChI is InChI=1S/C17H33NPSi2/c1-14(18(2)3)15-12-10-11-13-16(15)19-17(20(4,5)6)21(7,8)9/h10-14,17H,1-9H3/q-1/t14-/m0/s1. The lowest BCUT2D eigenvalue weighted by molar-refractivity contribution is 0.322. The summed E-state index contributed by atoms with van der Waals surface area (Å²) in [6.07, 6.45) is 0. The van der Waals surface area contributed by atoms with Crippen molar-refractivity contribution in [1.29, 1.82) is 0 Å². The molecule has 1 aromatic carbocycles. The Morgan fingerprint density at radius 3 is 1.81 bits per heavy atom. The summed E-state index contributed by atoms with van der Waals surface area (Å²) in [5.74, 6) is 0. The van der Waals surface area contributed by atoms with Gasteiger partial charge in [0.1, 0.15) is 0 Å². The molecule has 0 fully saturated rings. The molecule has 0 radical (unpaired) electrons. The minimum atomic E-state index is -1.15. The largest absolute Gasteiger partial charge is 0.508 e. The third kappa shape index (κ3) is 5.31. The van der Waals surface area contributed by atoms with E-state index in [1.165, 1.54) is 5.56 Å². The summed E-state index contributed by atoms with van der Waals surface area (Å²) >= 11 is 0. The van der Waals surface area contributed by atoms with Gasteiger partial charge in [0, 0.05) is 22.2 Å². The van der Waals surface area contributed by atoms with Gasteiger partial charge < -0.3 is 13.5 Å². The summed E-state index contributed by atoms with van der Waals surface area (Å²) < 4.78 is 0. The van der Waals surface area contributed by atoms with Crippen molar-refractivity contribution in [3.63, 3.8) is 0 Å². The van der Waals surface area contributed by atoms with Crippen LogP contribution in [0, 0.1) is 0 Å². The highest BCUT2D eigenvalue weighted by atomic mass is 31.1. The molecule has 4 heteroatoms. The van der Waals surface area contributed by atoms with Crippen LogP contribution in [0.25, 0.3) is 0 Å². The Morgan fingerprint density at radius 2 is 1.38 bits per heavy atom. The average Bonchev–Trinajstić information content (AvgIpc) is 2.32. The molecule has 1 aromatic rings. The molecule has 0 unspecified atom stereocenters. The molecule has 0 aliphatic heterocycles. The van der Waals surface area contributed by atoms with Crippen molar-refractivity contribution in [3.05, 3.63) is 29.8 Å². The van der Waals surface area contributed by atoms with Crippen LogP contribution in [0.2, 0.25) is 39.3 Å². The predicted octanol–water partition coefficient (Wildman–Crippen LogP) is 5.00. The van der Waals surface area contributed by atoms with E-state index >= 15 is 0 Å². The van der Waals surface area contributed by atoms with E-state index in [0.717, 1.165) is 4.91 Å². The maximum Gasteiger partial charge on any atom is 0.0291 e. The highest BCUT2D eigenvalue weighted by molar-refractivity contribution is 7.56. The second kappa shape index (κ2) is 7.08. The molecule has 0 bridgehead atoms. The second-order valence-electron chi connectivity index (χ2n) is 8.46. The number of hydrogen-bond donors (Lipinski definition) is 0. The number of nitrogens with zero attached hydrogens (tertiary/aromatic N) is 1. The zero-order chi connectivity index (χ0) is 16.4. The topological polar surface area (TPSA) is 3.24 Å². The van der Waals surface area contributed by atoms with Crippen molar-refractivity contribution < 1.29 is 0 Å². The molecule has 0 amide bonds. The lowest BCUT2D eigenvalue weighted by Crippen LogP contribution is -2.52. The Balaban J connectivity index is 3.17. The molecule has 0 saturated heterocycles. The predicted molar refractivity (Wildman–Crippen MR) is 106 cm³/mol. The summed E-state index contributed by atoms with van der Waals surface area (Å²) in [6.45, 7) is 17.6. The highest BCUT2D eigenvalue weighted by Gasteiger charge is 2.30. The van der Waals surface area contributed by atoms with Crippen LogP contribution in [0.5, 0.6) is 0 Å². The van der Waals surface area contributed by atoms with Gasteiger partial charge in [0.2, 0.25) is 0 Å². The van der Waals surface area contributed by atoms with Gasteiger partial charge >= 0.3 is 0 Å². The van der Waals surface area contributed by atoms with Crippen LogP contribution < -0.4 is 5.30 Å². The van der Waals surface area contributed by atoms with Crippen LogP contribution in [-0.4, -0.2) is 40.0 Å². The van der Waals surface area contributed by atoms with E-state index in [-0.39, 0.29) is 0 Å². The normalized spacial score (nSPS) is 15.4. The SMILES string of the molecule is C[C@@H](c1ccccc1[P-]C([Si](C)(C)C)[Si](C)(C)C)N(C)C. The van der Waals surface area contributed by atoms with E-state index in [4.69, 9.17) is 0 Å².